The summed E-state index contributed by atoms with van der Waals surface area (Å²) in [4.78, 5) is 19.4. The molecule has 0 aliphatic heterocycles. The molecule has 1 saturated carbocycles. The number of carbonyl (C=O) groups excluding carboxylic acids is 1. The third-order valence-electron chi connectivity index (χ3n) is 5.86. The van der Waals surface area contributed by atoms with Crippen LogP contribution in [0.3, 0.4) is 0 Å². The summed E-state index contributed by atoms with van der Waals surface area (Å²) < 4.78 is 5.72. The molecular weight excluding hydrogens is 380 g/mol. The van der Waals surface area contributed by atoms with E-state index in [0.29, 0.717) is 12.6 Å². The van der Waals surface area contributed by atoms with Crippen LogP contribution in [0.15, 0.2) is 29.3 Å². The highest BCUT2D eigenvalue weighted by molar-refractivity contribution is 7.16. The van der Waals surface area contributed by atoms with Gasteiger partial charge in [0.1, 0.15) is 10.8 Å². The number of hydrogen-bond donors (Lipinski definition) is 1. The summed E-state index contributed by atoms with van der Waals surface area (Å²) in [5, 5.41) is 4.15. The Bertz CT molecular complexity index is 881. The highest BCUT2D eigenvalue weighted by Crippen LogP contribution is 2.40. The number of benzene rings is 1. The second-order valence-corrected chi connectivity index (χ2v) is 9.01. The van der Waals surface area contributed by atoms with Crippen LogP contribution in [0.1, 0.15) is 78.2 Å². The number of amides is 1. The fourth-order valence-corrected chi connectivity index (χ4v) is 5.61. The van der Waals surface area contributed by atoms with E-state index < -0.39 is 0 Å². The summed E-state index contributed by atoms with van der Waals surface area (Å²) in [6.07, 6.45) is 12.2. The summed E-state index contributed by atoms with van der Waals surface area (Å²) >= 11 is 1.69. The Morgan fingerprint density at radius 3 is 2.79 bits per heavy atom. The van der Waals surface area contributed by atoms with Crippen LogP contribution in [-0.2, 0) is 12.8 Å². The van der Waals surface area contributed by atoms with Crippen molar-refractivity contribution in [1.82, 2.24) is 5.32 Å². The van der Waals surface area contributed by atoms with Gasteiger partial charge in [0.25, 0.3) is 5.91 Å². The lowest BCUT2D eigenvalue weighted by Crippen LogP contribution is -2.36. The monoisotopic (exact) mass is 410 g/mol. The second-order valence-electron chi connectivity index (χ2n) is 7.93. The number of nitrogens with zero attached hydrogens (tertiary/aromatic N) is 1. The summed E-state index contributed by atoms with van der Waals surface area (Å²) in [5.74, 6) is 0.898. The first-order chi connectivity index (χ1) is 14.3. The minimum atomic E-state index is 0.0709. The molecule has 0 spiro atoms. The molecule has 154 valence electrons. The van der Waals surface area contributed by atoms with Crippen molar-refractivity contribution >= 4 is 28.5 Å². The van der Waals surface area contributed by atoms with E-state index in [2.05, 4.69) is 5.32 Å². The van der Waals surface area contributed by atoms with Crippen molar-refractivity contribution in [3.8, 4) is 5.75 Å². The maximum absolute atomic E-state index is 13.2. The number of ether oxygens (including phenoxy) is 1. The molecule has 2 aromatic rings. The zero-order valence-corrected chi connectivity index (χ0v) is 18.0. The number of rotatable bonds is 6. The van der Waals surface area contributed by atoms with Crippen LogP contribution in [0.2, 0.25) is 0 Å². The van der Waals surface area contributed by atoms with Gasteiger partial charge in [-0.25, -0.2) is 4.99 Å². The summed E-state index contributed by atoms with van der Waals surface area (Å²) in [6.45, 7) is 2.60. The number of fused-ring (bicyclic) bond motifs is 1. The molecule has 1 aromatic heterocycles. The van der Waals surface area contributed by atoms with E-state index in [1.165, 1.54) is 36.1 Å². The van der Waals surface area contributed by atoms with E-state index in [9.17, 15) is 4.79 Å². The van der Waals surface area contributed by atoms with Crippen LogP contribution in [0.5, 0.6) is 5.75 Å². The quantitative estimate of drug-likeness (QED) is 0.608. The first-order valence-electron chi connectivity index (χ1n) is 11.0. The van der Waals surface area contributed by atoms with Gasteiger partial charge in [-0.2, -0.15) is 0 Å². The van der Waals surface area contributed by atoms with Crippen molar-refractivity contribution in [3.05, 3.63) is 45.8 Å². The fourth-order valence-electron chi connectivity index (χ4n) is 4.38. The lowest BCUT2D eigenvalue weighted by Gasteiger charge is -2.23. The Labute approximate surface area is 177 Å². The average molecular weight is 411 g/mol. The first-order valence-corrected chi connectivity index (χ1v) is 11.8. The zero-order valence-electron chi connectivity index (χ0n) is 17.2. The van der Waals surface area contributed by atoms with E-state index in [-0.39, 0.29) is 5.91 Å². The van der Waals surface area contributed by atoms with Gasteiger partial charge < -0.3 is 10.1 Å². The maximum Gasteiger partial charge on any atom is 0.254 e. The Hall–Kier alpha value is -2.14. The normalized spacial score (nSPS) is 17.3. The molecule has 1 fully saturated rings. The first kappa shape index (κ1) is 20.1. The molecule has 5 heteroatoms. The smallest absolute Gasteiger partial charge is 0.254 e. The molecule has 1 aromatic carbocycles. The van der Waals surface area contributed by atoms with Crippen LogP contribution in [0.4, 0.5) is 5.00 Å². The number of carbonyl (C=O) groups is 1. The third-order valence-corrected chi connectivity index (χ3v) is 7.06. The number of thiophene rings is 1. The Kier molecular flexibility index (Phi) is 6.65. The Morgan fingerprint density at radius 2 is 1.97 bits per heavy atom. The Balaban J connectivity index is 1.63. The number of para-hydroxylation sites is 1. The molecule has 0 radical (unpaired) electrons. The van der Waals surface area contributed by atoms with Gasteiger partial charge in [-0.1, -0.05) is 31.4 Å². The predicted molar refractivity (Wildman–Crippen MR) is 120 cm³/mol. The van der Waals surface area contributed by atoms with E-state index >= 15 is 0 Å². The molecule has 4 rings (SSSR count). The molecule has 1 heterocycles. The molecule has 1 N–H and O–H groups in total. The molecule has 0 unspecified atom stereocenters. The van der Waals surface area contributed by atoms with Gasteiger partial charge >= 0.3 is 0 Å². The van der Waals surface area contributed by atoms with Crippen LogP contribution >= 0.6 is 11.3 Å². The van der Waals surface area contributed by atoms with E-state index in [0.717, 1.165) is 54.0 Å². The number of aliphatic imine (C=N–C) groups is 1. The van der Waals surface area contributed by atoms with Crippen molar-refractivity contribution in [2.45, 2.75) is 70.8 Å². The van der Waals surface area contributed by atoms with Crippen molar-refractivity contribution in [2.24, 2.45) is 4.99 Å². The topological polar surface area (TPSA) is 50.7 Å². The van der Waals surface area contributed by atoms with E-state index in [1.54, 1.807) is 11.3 Å². The highest BCUT2D eigenvalue weighted by atomic mass is 32.1. The molecule has 0 bridgehead atoms. The molecule has 4 nitrogen and oxygen atoms in total. The average Bonchev–Trinajstić information content (AvgIpc) is 3.12. The molecule has 2 aliphatic rings. The standard InChI is InChI=1S/C24H30N2O2S/c1-2-28-20-14-8-6-10-17(20)16-25-24-22(19-13-7-9-15-21(19)29-24)23(27)26-18-11-4-3-5-12-18/h6,8,10,14,16,18H,2-5,7,9,11-13,15H2,1H3,(H,26,27)/b25-16+. The van der Waals surface area contributed by atoms with Crippen LogP contribution in [0.25, 0.3) is 0 Å². The largest absolute Gasteiger partial charge is 0.493 e. The van der Waals surface area contributed by atoms with E-state index in [4.69, 9.17) is 9.73 Å². The van der Waals surface area contributed by atoms with Crippen LogP contribution < -0.4 is 10.1 Å². The van der Waals surface area contributed by atoms with Crippen molar-refractivity contribution in [1.29, 1.82) is 0 Å². The summed E-state index contributed by atoms with van der Waals surface area (Å²) in [6, 6.07) is 8.23. The SMILES string of the molecule is CCOc1ccccc1/C=N/c1sc2c(c1C(=O)NC1CCCCC1)CCCC2. The minimum Gasteiger partial charge on any atom is -0.493 e. The van der Waals surface area contributed by atoms with E-state index in [1.807, 2.05) is 37.4 Å². The number of hydrogen-bond acceptors (Lipinski definition) is 4. The maximum atomic E-state index is 13.2. The summed E-state index contributed by atoms with van der Waals surface area (Å²) in [5.41, 5.74) is 3.00. The lowest BCUT2D eigenvalue weighted by atomic mass is 9.93. The lowest BCUT2D eigenvalue weighted by molar-refractivity contribution is 0.0927. The van der Waals surface area contributed by atoms with Crippen LogP contribution in [-0.4, -0.2) is 24.8 Å². The van der Waals surface area contributed by atoms with Crippen molar-refractivity contribution in [2.75, 3.05) is 6.61 Å². The second kappa shape index (κ2) is 9.57. The zero-order chi connectivity index (χ0) is 20.1. The number of aryl methyl sites for hydroxylation is 1. The van der Waals surface area contributed by atoms with Crippen LogP contribution in [0, 0.1) is 0 Å². The van der Waals surface area contributed by atoms with Gasteiger partial charge in [-0.05, 0) is 63.1 Å². The molecule has 2 aliphatic carbocycles. The van der Waals surface area contributed by atoms with Gasteiger partial charge in [-0.3, -0.25) is 4.79 Å². The number of nitrogens with one attached hydrogen (secondary N) is 1. The Morgan fingerprint density at radius 1 is 1.17 bits per heavy atom. The van der Waals surface area contributed by atoms with Crippen molar-refractivity contribution < 1.29 is 9.53 Å². The third kappa shape index (κ3) is 4.72. The highest BCUT2D eigenvalue weighted by Gasteiger charge is 2.27. The molecule has 1 amide bonds. The van der Waals surface area contributed by atoms with Gasteiger partial charge in [0.15, 0.2) is 0 Å². The predicted octanol–water partition coefficient (Wildman–Crippen LogP) is 5.84. The minimum absolute atomic E-state index is 0.0709. The van der Waals surface area contributed by atoms with Gasteiger partial charge in [0.2, 0.25) is 0 Å². The van der Waals surface area contributed by atoms with Crippen molar-refractivity contribution in [3.63, 3.8) is 0 Å². The van der Waals surface area contributed by atoms with Gasteiger partial charge in [0.05, 0.1) is 12.2 Å². The molecule has 29 heavy (non-hydrogen) atoms. The molecule has 0 atom stereocenters. The van der Waals surface area contributed by atoms with Gasteiger partial charge in [-0.15, -0.1) is 11.3 Å². The summed E-state index contributed by atoms with van der Waals surface area (Å²) in [7, 11) is 0. The molecular formula is C24H30N2O2S. The van der Waals surface area contributed by atoms with Gasteiger partial charge in [0, 0.05) is 22.7 Å². The fraction of sp³-hybridized carbons (Fsp3) is 0.500. The molecule has 0 saturated heterocycles.